The molecule has 0 aliphatic heterocycles. The van der Waals surface area contributed by atoms with Gasteiger partial charge in [-0.2, -0.15) is 22.0 Å². The van der Waals surface area contributed by atoms with E-state index in [1.165, 1.54) is 24.3 Å². The monoisotopic (exact) mass is 771 g/mol. The van der Waals surface area contributed by atoms with E-state index in [0.717, 1.165) is 11.1 Å². The van der Waals surface area contributed by atoms with Crippen LogP contribution in [-0.2, 0) is 26.7 Å². The fraction of sp³-hybridized carbons (Fsp3) is 0.410. The third-order valence-electron chi connectivity index (χ3n) is 9.34. The van der Waals surface area contributed by atoms with Crippen molar-refractivity contribution >= 4 is 40.6 Å². The Balaban J connectivity index is 1.33. The van der Waals surface area contributed by atoms with Crippen LogP contribution < -0.4 is 16.0 Å². The number of ether oxygens (including phenoxy) is 1. The molecule has 0 radical (unpaired) electrons. The molecule has 5 N–H and O–H groups in total. The Morgan fingerprint density at radius 1 is 0.945 bits per heavy atom. The summed E-state index contributed by atoms with van der Waals surface area (Å²) in [5.41, 5.74) is 2.06. The third kappa shape index (κ3) is 10.2. The van der Waals surface area contributed by atoms with Crippen LogP contribution in [0, 0.1) is 18.8 Å². The number of hydrogen-bond acceptors (Lipinski definition) is 6. The molecule has 1 aliphatic rings. The number of alkyl carbamates (subject to hydrolysis) is 1. The second-order valence-electron chi connectivity index (χ2n) is 14.8. The summed E-state index contributed by atoms with van der Waals surface area (Å²) in [5, 5.41) is 17.7. The molecule has 1 atom stereocenters. The number of carbonyl (C=O) groups excluding carboxylic acids is 3. The molecule has 55 heavy (non-hydrogen) atoms. The van der Waals surface area contributed by atoms with Crippen LogP contribution in [0.5, 0.6) is 0 Å². The Hall–Kier alpha value is -5.54. The predicted molar refractivity (Wildman–Crippen MR) is 194 cm³/mol. The lowest BCUT2D eigenvalue weighted by atomic mass is 9.81. The van der Waals surface area contributed by atoms with Crippen LogP contribution in [0.3, 0.4) is 0 Å². The summed E-state index contributed by atoms with van der Waals surface area (Å²) in [7, 11) is 0. The van der Waals surface area contributed by atoms with Gasteiger partial charge >= 0.3 is 24.2 Å². The first-order valence-corrected chi connectivity index (χ1v) is 17.7. The number of aromatic amines is 1. The van der Waals surface area contributed by atoms with Gasteiger partial charge in [0.2, 0.25) is 11.8 Å². The van der Waals surface area contributed by atoms with Gasteiger partial charge in [0.1, 0.15) is 11.6 Å². The number of alkyl halides is 5. The number of carboxylic acids is 1. The van der Waals surface area contributed by atoms with Crippen LogP contribution in [-0.4, -0.2) is 63.3 Å². The number of carbonyl (C=O) groups is 4. The van der Waals surface area contributed by atoms with Crippen molar-refractivity contribution in [2.24, 2.45) is 11.8 Å². The average molecular weight is 772 g/mol. The maximum absolute atomic E-state index is 14.0. The summed E-state index contributed by atoms with van der Waals surface area (Å²) >= 11 is 0. The number of carboxylic acid groups (broad SMARTS) is 1. The van der Waals surface area contributed by atoms with Gasteiger partial charge in [0.25, 0.3) is 0 Å². The van der Waals surface area contributed by atoms with Crippen molar-refractivity contribution in [3.63, 3.8) is 0 Å². The second-order valence-corrected chi connectivity index (χ2v) is 14.8. The van der Waals surface area contributed by atoms with Crippen molar-refractivity contribution in [1.29, 1.82) is 0 Å². The Morgan fingerprint density at radius 3 is 2.29 bits per heavy atom. The molecule has 11 nitrogen and oxygen atoms in total. The van der Waals surface area contributed by atoms with Gasteiger partial charge < -0.3 is 30.8 Å². The highest BCUT2D eigenvalue weighted by Gasteiger charge is 2.61. The molecule has 5 rings (SSSR count). The fourth-order valence-corrected chi connectivity index (χ4v) is 6.49. The molecule has 1 heterocycles. The summed E-state index contributed by atoms with van der Waals surface area (Å²) < 4.78 is 72.2. The zero-order chi connectivity index (χ0) is 40.3. The summed E-state index contributed by atoms with van der Waals surface area (Å²) in [6.07, 6.45) is -4.09. The minimum Gasteiger partial charge on any atom is -0.478 e. The highest BCUT2D eigenvalue weighted by atomic mass is 19.4. The first kappa shape index (κ1) is 40.6. The zero-order valence-electron chi connectivity index (χ0n) is 30.6. The third-order valence-corrected chi connectivity index (χ3v) is 9.34. The number of amides is 3. The van der Waals surface area contributed by atoms with E-state index in [9.17, 15) is 46.2 Å². The zero-order valence-corrected chi connectivity index (χ0v) is 30.6. The minimum absolute atomic E-state index is 0.0150. The number of rotatable bonds is 11. The molecular weight excluding hydrogens is 729 g/mol. The average Bonchev–Trinajstić information content (AvgIpc) is 3.54. The lowest BCUT2D eigenvalue weighted by molar-refractivity contribution is -0.292. The molecule has 1 aromatic heterocycles. The van der Waals surface area contributed by atoms with E-state index < -0.39 is 53.5 Å². The number of H-pyrrole nitrogens is 1. The number of nitrogens with one attached hydrogen (secondary N) is 4. The van der Waals surface area contributed by atoms with E-state index in [0.29, 0.717) is 43.4 Å². The number of imidazole rings is 1. The summed E-state index contributed by atoms with van der Waals surface area (Å²) in [6, 6.07) is 14.4. The molecule has 3 amide bonds. The molecule has 0 saturated heterocycles. The number of aromatic carboxylic acids is 1. The van der Waals surface area contributed by atoms with Gasteiger partial charge in [-0.05, 0) is 112 Å². The maximum Gasteiger partial charge on any atom is 0.461 e. The normalized spacial score (nSPS) is 17.0. The standard InChI is InChI=1S/C39H42F5N5O6/c1-21-16-26(34(52)53)12-14-28(21)25-7-5-6-23(17-25)18-31(47-32(50)24-10-8-22(9-11-24)20-45-36(54)55-37(2,3)4)33(51)46-27-13-15-29-30(19-27)49-35(48-29)38(40,41)39(42,43)44/h5-7,12-17,19,22,24,31H,8-11,18,20H2,1-4H3,(H,45,54)(H,46,51)(H,47,50)(H,48,49)(H,52,53). The van der Waals surface area contributed by atoms with E-state index >= 15 is 0 Å². The Labute approximate surface area is 313 Å². The first-order chi connectivity index (χ1) is 25.7. The molecule has 4 aromatic rings. The van der Waals surface area contributed by atoms with Gasteiger partial charge in [0.15, 0.2) is 5.82 Å². The van der Waals surface area contributed by atoms with Crippen molar-refractivity contribution in [2.45, 2.75) is 83.5 Å². The highest BCUT2D eigenvalue weighted by Crippen LogP contribution is 2.43. The van der Waals surface area contributed by atoms with Gasteiger partial charge in [-0.3, -0.25) is 9.59 Å². The molecule has 0 spiro atoms. The van der Waals surface area contributed by atoms with Crippen molar-refractivity contribution in [1.82, 2.24) is 20.6 Å². The Morgan fingerprint density at radius 2 is 1.65 bits per heavy atom. The Kier molecular flexibility index (Phi) is 11.9. The van der Waals surface area contributed by atoms with Crippen molar-refractivity contribution < 1.29 is 51.0 Å². The molecule has 1 saturated carbocycles. The number of hydrogen-bond donors (Lipinski definition) is 5. The molecule has 0 bridgehead atoms. The van der Waals surface area contributed by atoms with Gasteiger partial charge in [-0.25, -0.2) is 14.6 Å². The lowest BCUT2D eigenvalue weighted by Gasteiger charge is -2.29. The summed E-state index contributed by atoms with van der Waals surface area (Å²) in [6.45, 7) is 7.46. The topological polar surface area (TPSA) is 163 Å². The molecule has 16 heteroatoms. The van der Waals surface area contributed by atoms with Crippen LogP contribution >= 0.6 is 0 Å². The largest absolute Gasteiger partial charge is 0.478 e. The molecule has 294 valence electrons. The number of aromatic nitrogens is 2. The molecule has 1 aliphatic carbocycles. The number of fused-ring (bicyclic) bond motifs is 1. The van der Waals surface area contributed by atoms with Crippen LogP contribution in [0.1, 0.15) is 73.8 Å². The smallest absolute Gasteiger partial charge is 0.461 e. The van der Waals surface area contributed by atoms with Crippen LogP contribution in [0.15, 0.2) is 60.7 Å². The van der Waals surface area contributed by atoms with Crippen LogP contribution in [0.4, 0.5) is 32.4 Å². The van der Waals surface area contributed by atoms with E-state index in [-0.39, 0.29) is 40.5 Å². The molecule has 1 fully saturated rings. The second kappa shape index (κ2) is 16.1. The van der Waals surface area contributed by atoms with Gasteiger partial charge in [-0.1, -0.05) is 30.3 Å². The van der Waals surface area contributed by atoms with Gasteiger partial charge in [0, 0.05) is 24.6 Å². The Bertz CT molecular complexity index is 2070. The fourth-order valence-electron chi connectivity index (χ4n) is 6.49. The highest BCUT2D eigenvalue weighted by molar-refractivity contribution is 5.99. The summed E-state index contributed by atoms with van der Waals surface area (Å²) in [5.74, 6) is -9.22. The SMILES string of the molecule is Cc1cc(C(=O)O)ccc1-c1cccc(CC(NC(=O)C2CCC(CNC(=O)OC(C)(C)C)CC2)C(=O)Nc2ccc3nc(C(F)(F)C(F)(F)F)[nH]c3c2)c1. The van der Waals surface area contributed by atoms with E-state index in [2.05, 4.69) is 20.9 Å². The van der Waals surface area contributed by atoms with Gasteiger partial charge in [0.05, 0.1) is 16.6 Å². The summed E-state index contributed by atoms with van der Waals surface area (Å²) in [4.78, 5) is 56.5. The first-order valence-electron chi connectivity index (χ1n) is 17.7. The number of anilines is 1. The minimum atomic E-state index is -5.88. The number of nitrogens with zero attached hydrogens (tertiary/aromatic N) is 1. The molecule has 3 aromatic carbocycles. The molecular formula is C39H42F5N5O6. The number of halogens is 5. The van der Waals surface area contributed by atoms with E-state index in [4.69, 9.17) is 4.74 Å². The van der Waals surface area contributed by atoms with Crippen LogP contribution in [0.25, 0.3) is 22.2 Å². The molecule has 1 unspecified atom stereocenters. The van der Waals surface area contributed by atoms with Crippen LogP contribution in [0.2, 0.25) is 0 Å². The van der Waals surface area contributed by atoms with E-state index in [1.807, 2.05) is 17.1 Å². The van der Waals surface area contributed by atoms with E-state index in [1.54, 1.807) is 52.0 Å². The predicted octanol–water partition coefficient (Wildman–Crippen LogP) is 7.89. The number of benzene rings is 3. The lowest BCUT2D eigenvalue weighted by Crippen LogP contribution is -2.48. The van der Waals surface area contributed by atoms with Crippen molar-refractivity contribution in [3.8, 4) is 11.1 Å². The maximum atomic E-state index is 14.0. The number of aryl methyl sites for hydroxylation is 1. The van der Waals surface area contributed by atoms with Crippen molar-refractivity contribution in [3.05, 3.63) is 83.2 Å². The quantitative estimate of drug-likeness (QED) is 0.0969. The van der Waals surface area contributed by atoms with Gasteiger partial charge in [-0.15, -0.1) is 0 Å². The van der Waals surface area contributed by atoms with Crippen molar-refractivity contribution in [2.75, 3.05) is 11.9 Å².